The normalized spacial score (nSPS) is 11.2. The molecule has 2 aromatic heterocycles. The maximum absolute atomic E-state index is 12.7. The molecule has 12 nitrogen and oxygen atoms in total. The summed E-state index contributed by atoms with van der Waals surface area (Å²) in [6, 6.07) is 9.65. The van der Waals surface area contributed by atoms with Gasteiger partial charge in [0, 0.05) is 13.1 Å². The SMILES string of the molecule is CNS(=O)(=O)c1ccc(C#N)nc1-c1nn(-c2ccccc2[N+](=O)[O-])c(=O)n1C. The maximum Gasteiger partial charge on any atom is 0.351 e. The molecule has 3 aromatic rings. The van der Waals surface area contributed by atoms with Gasteiger partial charge in [-0.15, -0.1) is 5.10 Å². The van der Waals surface area contributed by atoms with E-state index in [9.17, 15) is 23.3 Å². The number of nitrogens with zero attached hydrogens (tertiary/aromatic N) is 6. The number of pyridine rings is 1. The molecular formula is C16H13N7O5S. The lowest BCUT2D eigenvalue weighted by Crippen LogP contribution is -2.23. The van der Waals surface area contributed by atoms with Gasteiger partial charge >= 0.3 is 5.69 Å². The molecule has 0 fully saturated rings. The number of aromatic nitrogens is 4. The quantitative estimate of drug-likeness (QED) is 0.459. The van der Waals surface area contributed by atoms with Crippen LogP contribution in [-0.4, -0.2) is 39.7 Å². The predicted molar refractivity (Wildman–Crippen MR) is 99.7 cm³/mol. The zero-order valence-electron chi connectivity index (χ0n) is 15.1. The number of benzene rings is 1. The van der Waals surface area contributed by atoms with Crippen molar-refractivity contribution in [2.75, 3.05) is 7.05 Å². The van der Waals surface area contributed by atoms with Gasteiger partial charge in [-0.3, -0.25) is 14.7 Å². The average molecular weight is 415 g/mol. The minimum Gasteiger partial charge on any atom is -0.276 e. The van der Waals surface area contributed by atoms with Gasteiger partial charge in [0.2, 0.25) is 10.0 Å². The molecule has 2 heterocycles. The first-order chi connectivity index (χ1) is 13.7. The van der Waals surface area contributed by atoms with Crippen LogP contribution in [0.25, 0.3) is 17.2 Å². The van der Waals surface area contributed by atoms with Crippen LogP contribution in [0, 0.1) is 21.4 Å². The van der Waals surface area contributed by atoms with Crippen LogP contribution in [-0.2, 0) is 17.1 Å². The molecule has 3 rings (SSSR count). The van der Waals surface area contributed by atoms with E-state index in [1.807, 2.05) is 0 Å². The van der Waals surface area contributed by atoms with Crippen molar-refractivity contribution in [2.24, 2.45) is 7.05 Å². The molecule has 1 aromatic carbocycles. The van der Waals surface area contributed by atoms with Gasteiger partial charge in [0.15, 0.2) is 5.82 Å². The topological polar surface area (TPSA) is 166 Å². The van der Waals surface area contributed by atoms with E-state index in [2.05, 4.69) is 14.8 Å². The highest BCUT2D eigenvalue weighted by atomic mass is 32.2. The minimum absolute atomic E-state index is 0.0947. The molecule has 0 atom stereocenters. The second-order valence-electron chi connectivity index (χ2n) is 5.69. The van der Waals surface area contributed by atoms with Crippen molar-refractivity contribution in [3.05, 3.63) is 62.7 Å². The molecule has 0 radical (unpaired) electrons. The van der Waals surface area contributed by atoms with Crippen LogP contribution in [0.3, 0.4) is 0 Å². The number of hydrogen-bond donors (Lipinski definition) is 1. The van der Waals surface area contributed by atoms with Gasteiger partial charge in [0.05, 0.1) is 4.92 Å². The lowest BCUT2D eigenvalue weighted by Gasteiger charge is -2.08. The van der Waals surface area contributed by atoms with E-state index in [0.29, 0.717) is 0 Å². The van der Waals surface area contributed by atoms with E-state index in [-0.39, 0.29) is 33.5 Å². The van der Waals surface area contributed by atoms with Crippen LogP contribution in [0.2, 0.25) is 0 Å². The highest BCUT2D eigenvalue weighted by molar-refractivity contribution is 7.89. The van der Waals surface area contributed by atoms with Gasteiger partial charge in [-0.05, 0) is 25.2 Å². The third kappa shape index (κ3) is 3.37. The van der Waals surface area contributed by atoms with E-state index in [1.54, 1.807) is 6.07 Å². The van der Waals surface area contributed by atoms with Crippen molar-refractivity contribution < 1.29 is 13.3 Å². The van der Waals surface area contributed by atoms with Gasteiger partial charge in [0.1, 0.15) is 28.0 Å². The summed E-state index contributed by atoms with van der Waals surface area (Å²) < 4.78 is 28.6. The molecular weight excluding hydrogens is 402 g/mol. The molecule has 1 N–H and O–H groups in total. The van der Waals surface area contributed by atoms with E-state index >= 15 is 0 Å². The first-order valence-electron chi connectivity index (χ1n) is 7.96. The van der Waals surface area contributed by atoms with Gasteiger partial charge in [-0.25, -0.2) is 22.9 Å². The molecule has 0 spiro atoms. The molecule has 0 saturated carbocycles. The third-order valence-corrected chi connectivity index (χ3v) is 5.48. The largest absolute Gasteiger partial charge is 0.351 e. The number of nitro groups is 1. The third-order valence-electron chi connectivity index (χ3n) is 4.03. The zero-order valence-corrected chi connectivity index (χ0v) is 15.9. The average Bonchev–Trinajstić information content (AvgIpc) is 3.02. The van der Waals surface area contributed by atoms with Crippen molar-refractivity contribution in [1.29, 1.82) is 5.26 Å². The van der Waals surface area contributed by atoms with Gasteiger partial charge < -0.3 is 0 Å². The van der Waals surface area contributed by atoms with Crippen LogP contribution < -0.4 is 10.4 Å². The van der Waals surface area contributed by atoms with Crippen molar-refractivity contribution in [3.63, 3.8) is 0 Å². The second kappa shape index (κ2) is 7.26. The summed E-state index contributed by atoms with van der Waals surface area (Å²) in [6.45, 7) is 0. The molecule has 0 aliphatic rings. The number of nitro benzene ring substituents is 1. The van der Waals surface area contributed by atoms with Crippen LogP contribution in [0.4, 0.5) is 5.69 Å². The van der Waals surface area contributed by atoms with Gasteiger partial charge in [0.25, 0.3) is 5.69 Å². The number of nitriles is 1. The standard InChI is InChI=1S/C16H13N7O5S/c1-18-29(27,28)13-8-7-10(9-17)19-14(13)15-20-22(16(24)21(15)2)11-5-3-4-6-12(11)23(25)26/h3-8,18H,1-2H3. The number of rotatable bonds is 5. The number of para-hydroxylation sites is 2. The van der Waals surface area contributed by atoms with Crippen LogP contribution in [0.15, 0.2) is 46.1 Å². The Labute approximate surface area is 163 Å². The van der Waals surface area contributed by atoms with Gasteiger partial charge in [-0.2, -0.15) is 9.94 Å². The summed E-state index contributed by atoms with van der Waals surface area (Å²) >= 11 is 0. The number of hydrogen-bond acceptors (Lipinski definition) is 8. The number of sulfonamides is 1. The summed E-state index contributed by atoms with van der Waals surface area (Å²) in [7, 11) is -1.49. The molecule has 0 amide bonds. The highest BCUT2D eigenvalue weighted by Gasteiger charge is 2.26. The molecule has 0 saturated heterocycles. The Morgan fingerprint density at radius 1 is 1.24 bits per heavy atom. The molecule has 148 valence electrons. The Morgan fingerprint density at radius 3 is 2.55 bits per heavy atom. The predicted octanol–water partition coefficient (Wildman–Crippen LogP) is 0.321. The summed E-state index contributed by atoms with van der Waals surface area (Å²) in [4.78, 5) is 27.0. The fraction of sp³-hybridized carbons (Fsp3) is 0.125. The summed E-state index contributed by atoms with van der Waals surface area (Å²) in [5.41, 5.74) is -1.55. The van der Waals surface area contributed by atoms with Crippen molar-refractivity contribution in [1.82, 2.24) is 24.1 Å². The van der Waals surface area contributed by atoms with Crippen LogP contribution >= 0.6 is 0 Å². The van der Waals surface area contributed by atoms with Crippen LogP contribution in [0.1, 0.15) is 5.69 Å². The summed E-state index contributed by atoms with van der Waals surface area (Å²) in [5, 5.41) is 24.5. The first kappa shape index (κ1) is 19.9. The number of nitrogens with one attached hydrogen (secondary N) is 1. The summed E-state index contributed by atoms with van der Waals surface area (Å²) in [6.07, 6.45) is 0. The van der Waals surface area contributed by atoms with Crippen molar-refractivity contribution >= 4 is 15.7 Å². The molecule has 0 aliphatic carbocycles. The lowest BCUT2D eigenvalue weighted by atomic mass is 10.3. The first-order valence-corrected chi connectivity index (χ1v) is 9.44. The van der Waals surface area contributed by atoms with E-state index in [0.717, 1.165) is 9.25 Å². The Hall–Kier alpha value is -3.89. The molecule has 29 heavy (non-hydrogen) atoms. The Bertz CT molecular complexity index is 1330. The zero-order chi connectivity index (χ0) is 21.3. The Kier molecular flexibility index (Phi) is 4.97. The summed E-state index contributed by atoms with van der Waals surface area (Å²) in [5.74, 6) is -0.181. The van der Waals surface area contributed by atoms with Crippen LogP contribution in [0.5, 0.6) is 0 Å². The second-order valence-corrected chi connectivity index (χ2v) is 7.54. The minimum atomic E-state index is -4.00. The molecule has 13 heteroatoms. The maximum atomic E-state index is 12.7. The highest BCUT2D eigenvalue weighted by Crippen LogP contribution is 2.25. The van der Waals surface area contributed by atoms with Crippen molar-refractivity contribution in [2.45, 2.75) is 4.90 Å². The fourth-order valence-corrected chi connectivity index (χ4v) is 3.45. The van der Waals surface area contributed by atoms with E-state index in [1.165, 1.54) is 50.5 Å². The van der Waals surface area contributed by atoms with Crippen molar-refractivity contribution in [3.8, 4) is 23.3 Å². The van der Waals surface area contributed by atoms with E-state index in [4.69, 9.17) is 5.26 Å². The molecule has 0 bridgehead atoms. The lowest BCUT2D eigenvalue weighted by molar-refractivity contribution is -0.384. The molecule has 0 unspecified atom stereocenters. The Morgan fingerprint density at radius 2 is 1.93 bits per heavy atom. The Balaban J connectivity index is 2.35. The fourth-order valence-electron chi connectivity index (χ4n) is 2.59. The molecule has 0 aliphatic heterocycles. The monoisotopic (exact) mass is 415 g/mol. The smallest absolute Gasteiger partial charge is 0.276 e. The van der Waals surface area contributed by atoms with E-state index < -0.39 is 20.6 Å². The van der Waals surface area contributed by atoms with Gasteiger partial charge in [-0.1, -0.05) is 12.1 Å².